The third-order valence-electron chi connectivity index (χ3n) is 9.54. The molecule has 5 aromatic rings. The highest BCUT2D eigenvalue weighted by Crippen LogP contribution is 2.37. The van der Waals surface area contributed by atoms with Crippen molar-refractivity contribution in [3.05, 3.63) is 96.6 Å². The van der Waals surface area contributed by atoms with Crippen LogP contribution in [0.4, 0.5) is 11.9 Å². The van der Waals surface area contributed by atoms with Crippen LogP contribution in [0.25, 0.3) is 22.3 Å². The summed E-state index contributed by atoms with van der Waals surface area (Å²) in [6, 6.07) is 12.2. The number of hydrazine groups is 1. The van der Waals surface area contributed by atoms with E-state index in [9.17, 15) is 0 Å². The van der Waals surface area contributed by atoms with E-state index in [0.717, 1.165) is 86.2 Å². The molecule has 0 unspecified atom stereocenters. The molecule has 7 rings (SSSR count). The van der Waals surface area contributed by atoms with Crippen molar-refractivity contribution in [1.29, 1.82) is 0 Å². The summed E-state index contributed by atoms with van der Waals surface area (Å²) in [5.41, 5.74) is 4.89. The van der Waals surface area contributed by atoms with Gasteiger partial charge in [0.15, 0.2) is 0 Å². The quantitative estimate of drug-likeness (QED) is 0.134. The first-order valence-electron chi connectivity index (χ1n) is 18.2. The van der Waals surface area contributed by atoms with Crippen molar-refractivity contribution in [1.82, 2.24) is 40.1 Å². The van der Waals surface area contributed by atoms with Crippen LogP contribution in [-0.4, -0.2) is 86.3 Å². The van der Waals surface area contributed by atoms with Crippen LogP contribution in [0.1, 0.15) is 45.1 Å². The standard InChI is InChI=1S/C39H45ClN10O2/c1-3-51-35-19-28(20-36(37(35)40)52-4-2)27-48-17-11-34(12-18-48)50(39-46-25-32(26-47-39)30-8-6-14-43-22-30)49(33-9-15-41-16-10-33)38-44-23-31(24-45-38)29-7-5-13-42-21-29/h5-8,13-14,19-26,33-34,41H,3-4,9-12,15-18,27H2,1-2H3. The molecule has 2 saturated heterocycles. The van der Waals surface area contributed by atoms with Crippen LogP contribution in [0.5, 0.6) is 11.5 Å². The second-order valence-corrected chi connectivity index (χ2v) is 13.4. The van der Waals surface area contributed by atoms with E-state index in [0.29, 0.717) is 41.6 Å². The van der Waals surface area contributed by atoms with Crippen LogP contribution in [-0.2, 0) is 6.54 Å². The third-order valence-corrected chi connectivity index (χ3v) is 9.91. The van der Waals surface area contributed by atoms with Crippen molar-refractivity contribution in [2.24, 2.45) is 0 Å². The summed E-state index contributed by atoms with van der Waals surface area (Å²) >= 11 is 6.62. The van der Waals surface area contributed by atoms with Gasteiger partial charge < -0.3 is 14.8 Å². The molecule has 4 aromatic heterocycles. The van der Waals surface area contributed by atoms with E-state index in [2.05, 4.69) is 30.2 Å². The highest BCUT2D eigenvalue weighted by molar-refractivity contribution is 6.33. The number of ether oxygens (including phenoxy) is 2. The van der Waals surface area contributed by atoms with E-state index < -0.39 is 0 Å². The topological polar surface area (TPSA) is 118 Å². The fourth-order valence-corrected chi connectivity index (χ4v) is 7.20. The average molecular weight is 721 g/mol. The van der Waals surface area contributed by atoms with Crippen molar-refractivity contribution in [2.45, 2.75) is 58.2 Å². The van der Waals surface area contributed by atoms with Crippen LogP contribution in [0, 0.1) is 0 Å². The van der Waals surface area contributed by atoms with E-state index in [-0.39, 0.29) is 12.1 Å². The number of benzene rings is 1. The molecular weight excluding hydrogens is 676 g/mol. The van der Waals surface area contributed by atoms with Crippen LogP contribution < -0.4 is 24.8 Å². The lowest BCUT2D eigenvalue weighted by molar-refractivity contribution is 0.196. The van der Waals surface area contributed by atoms with Gasteiger partial charge in [-0.3, -0.25) is 14.9 Å². The maximum Gasteiger partial charge on any atom is 0.244 e. The lowest BCUT2D eigenvalue weighted by atomic mass is 10.0. The van der Waals surface area contributed by atoms with Gasteiger partial charge in [-0.1, -0.05) is 23.7 Å². The summed E-state index contributed by atoms with van der Waals surface area (Å²) in [5, 5.41) is 8.60. The molecule has 13 heteroatoms. The van der Waals surface area contributed by atoms with Gasteiger partial charge >= 0.3 is 0 Å². The minimum Gasteiger partial charge on any atom is -0.492 e. The van der Waals surface area contributed by atoms with Gasteiger partial charge in [-0.2, -0.15) is 0 Å². The zero-order valence-electron chi connectivity index (χ0n) is 29.7. The zero-order chi connectivity index (χ0) is 35.7. The molecule has 12 nitrogen and oxygen atoms in total. The molecule has 0 saturated carbocycles. The molecule has 0 radical (unpaired) electrons. The Hall–Kier alpha value is -4.91. The lowest BCUT2D eigenvalue weighted by Gasteiger charge is -2.47. The minimum absolute atomic E-state index is 0.111. The van der Waals surface area contributed by atoms with Gasteiger partial charge in [-0.25, -0.2) is 30.0 Å². The molecule has 2 aliphatic rings. The van der Waals surface area contributed by atoms with Crippen molar-refractivity contribution < 1.29 is 9.47 Å². The molecule has 1 aromatic carbocycles. The molecule has 1 N–H and O–H groups in total. The van der Waals surface area contributed by atoms with Gasteiger partial charge in [0.05, 0.1) is 25.3 Å². The first kappa shape index (κ1) is 35.5. The molecule has 52 heavy (non-hydrogen) atoms. The summed E-state index contributed by atoms with van der Waals surface area (Å²) < 4.78 is 11.7. The number of rotatable bonds is 13. The Morgan fingerprint density at radius 2 is 1.17 bits per heavy atom. The Labute approximate surface area is 310 Å². The number of piperidine rings is 2. The fraction of sp³-hybridized carbons (Fsp3) is 0.385. The van der Waals surface area contributed by atoms with Crippen LogP contribution in [0.15, 0.2) is 86.0 Å². The number of likely N-dealkylation sites (tertiary alicyclic amines) is 1. The van der Waals surface area contributed by atoms with Crippen LogP contribution >= 0.6 is 11.6 Å². The summed E-state index contributed by atoms with van der Waals surface area (Å²) in [7, 11) is 0. The Morgan fingerprint density at radius 3 is 1.62 bits per heavy atom. The van der Waals surface area contributed by atoms with Gasteiger partial charge in [0.2, 0.25) is 11.9 Å². The number of anilines is 2. The molecule has 0 aliphatic carbocycles. The number of halogens is 1. The number of hydrogen-bond acceptors (Lipinski definition) is 12. The van der Waals surface area contributed by atoms with E-state index in [1.54, 1.807) is 12.4 Å². The average Bonchev–Trinajstić information content (AvgIpc) is 3.20. The summed E-state index contributed by atoms with van der Waals surface area (Å²) in [5.74, 6) is 2.58. The van der Waals surface area contributed by atoms with Crippen molar-refractivity contribution in [3.63, 3.8) is 0 Å². The SMILES string of the molecule is CCOc1cc(CN2CCC(N(c3ncc(-c4cccnc4)cn3)N(c3ncc(-c4cccnc4)cn3)C3CCNCC3)CC2)cc(OCC)c1Cl. The zero-order valence-corrected chi connectivity index (χ0v) is 30.5. The first-order valence-corrected chi connectivity index (χ1v) is 18.5. The summed E-state index contributed by atoms with van der Waals surface area (Å²) in [6.07, 6.45) is 18.4. The lowest BCUT2D eigenvalue weighted by Crippen LogP contribution is -2.59. The predicted octanol–water partition coefficient (Wildman–Crippen LogP) is 6.49. The van der Waals surface area contributed by atoms with Gasteiger partial charge in [-0.15, -0.1) is 0 Å². The minimum atomic E-state index is 0.111. The van der Waals surface area contributed by atoms with Gasteiger partial charge in [0.25, 0.3) is 0 Å². The molecule has 2 fully saturated rings. The smallest absolute Gasteiger partial charge is 0.244 e. The highest BCUT2D eigenvalue weighted by atomic mass is 35.5. The molecule has 6 heterocycles. The molecule has 2 aliphatic heterocycles. The monoisotopic (exact) mass is 720 g/mol. The maximum atomic E-state index is 6.62. The molecular formula is C39H45ClN10O2. The highest BCUT2D eigenvalue weighted by Gasteiger charge is 2.36. The number of aromatic nitrogens is 6. The van der Waals surface area contributed by atoms with Crippen molar-refractivity contribution >= 4 is 23.5 Å². The second-order valence-electron chi connectivity index (χ2n) is 13.0. The van der Waals surface area contributed by atoms with Crippen molar-refractivity contribution in [2.75, 3.05) is 49.4 Å². The van der Waals surface area contributed by atoms with E-state index in [1.807, 2.05) is 87.4 Å². The summed E-state index contributed by atoms with van der Waals surface area (Å²) in [6.45, 7) is 9.34. The normalized spacial score (nSPS) is 15.7. The van der Waals surface area contributed by atoms with Gasteiger partial charge in [-0.05, 0) is 82.4 Å². The second kappa shape index (κ2) is 17.1. The number of nitrogens with one attached hydrogen (secondary N) is 1. The Morgan fingerprint density at radius 1 is 0.692 bits per heavy atom. The number of pyridine rings is 2. The summed E-state index contributed by atoms with van der Waals surface area (Å²) in [4.78, 5) is 31.0. The van der Waals surface area contributed by atoms with E-state index >= 15 is 0 Å². The molecule has 0 atom stereocenters. The van der Waals surface area contributed by atoms with Gasteiger partial charge in [0, 0.05) is 91.5 Å². The predicted molar refractivity (Wildman–Crippen MR) is 203 cm³/mol. The largest absolute Gasteiger partial charge is 0.492 e. The molecule has 0 amide bonds. The molecule has 270 valence electrons. The van der Waals surface area contributed by atoms with Crippen LogP contribution in [0.3, 0.4) is 0 Å². The first-order chi connectivity index (χ1) is 25.6. The Balaban J connectivity index is 1.19. The fourth-order valence-electron chi connectivity index (χ4n) is 6.99. The van der Waals surface area contributed by atoms with E-state index in [1.165, 1.54) is 0 Å². The molecule has 0 bridgehead atoms. The Kier molecular flexibility index (Phi) is 11.7. The van der Waals surface area contributed by atoms with E-state index in [4.69, 9.17) is 41.0 Å². The number of hydrogen-bond donors (Lipinski definition) is 1. The molecule has 0 spiro atoms. The number of nitrogens with zero attached hydrogens (tertiary/aromatic N) is 9. The maximum absolute atomic E-state index is 6.62. The van der Waals surface area contributed by atoms with Gasteiger partial charge in [0.1, 0.15) is 16.5 Å². The van der Waals surface area contributed by atoms with Crippen molar-refractivity contribution in [3.8, 4) is 33.8 Å². The van der Waals surface area contributed by atoms with Crippen LogP contribution in [0.2, 0.25) is 5.02 Å². The Bertz CT molecular complexity index is 1830. The third kappa shape index (κ3) is 8.25.